The van der Waals surface area contributed by atoms with Gasteiger partial charge in [-0.3, -0.25) is 9.89 Å². The van der Waals surface area contributed by atoms with Gasteiger partial charge in [0.25, 0.3) is 0 Å². The van der Waals surface area contributed by atoms with Crippen molar-refractivity contribution in [1.29, 1.82) is 0 Å². The molecule has 5 rings (SSSR count). The van der Waals surface area contributed by atoms with Crippen molar-refractivity contribution in [3.05, 3.63) is 60.1 Å². The summed E-state index contributed by atoms with van der Waals surface area (Å²) in [6, 6.07) is 9.70. The predicted molar refractivity (Wildman–Crippen MR) is 189 cm³/mol. The Kier molecular flexibility index (Phi) is 10.4. The topological polar surface area (TPSA) is 125 Å². The molecule has 0 bridgehead atoms. The van der Waals surface area contributed by atoms with Gasteiger partial charge in [-0.15, -0.1) is 0 Å². The van der Waals surface area contributed by atoms with E-state index in [-0.39, 0.29) is 24.3 Å². The van der Waals surface area contributed by atoms with Crippen molar-refractivity contribution in [2.75, 3.05) is 19.6 Å². The van der Waals surface area contributed by atoms with E-state index in [1.807, 2.05) is 91.0 Å². The van der Waals surface area contributed by atoms with Crippen LogP contribution in [0.5, 0.6) is 0 Å². The number of benzene rings is 1. The summed E-state index contributed by atoms with van der Waals surface area (Å²) in [6.45, 7) is 17.4. The summed E-state index contributed by atoms with van der Waals surface area (Å²) in [5, 5.41) is 3.55. The molecule has 2 N–H and O–H groups in total. The molecule has 4 heterocycles. The van der Waals surface area contributed by atoms with Crippen LogP contribution < -0.4 is 5.32 Å². The minimum Gasteiger partial charge on any atom is -0.456 e. The molecule has 2 atom stereocenters. The van der Waals surface area contributed by atoms with Gasteiger partial charge in [-0.1, -0.05) is 25.2 Å². The number of carbonyl (C=O) groups excluding carboxylic acids is 2. The lowest BCUT2D eigenvalue weighted by Crippen LogP contribution is -2.49. The van der Waals surface area contributed by atoms with E-state index in [1.165, 1.54) is 0 Å². The third-order valence-electron chi connectivity index (χ3n) is 7.86. The summed E-state index contributed by atoms with van der Waals surface area (Å²) in [4.78, 5) is 42.1. The van der Waals surface area contributed by atoms with Crippen molar-refractivity contribution >= 4 is 34.6 Å². The van der Waals surface area contributed by atoms with Crippen LogP contribution in [0.25, 0.3) is 27.9 Å². The Morgan fingerprint density at radius 1 is 1.06 bits per heavy atom. The number of amides is 2. The van der Waals surface area contributed by atoms with Crippen LogP contribution in [0.2, 0.25) is 0 Å². The van der Waals surface area contributed by atoms with Crippen molar-refractivity contribution in [3.63, 3.8) is 0 Å². The number of allylic oxidation sites excluding steroid dienone is 2. The number of H-pyrrole nitrogens is 1. The predicted octanol–water partition coefficient (Wildman–Crippen LogP) is 7.70. The lowest BCUT2D eigenvalue weighted by molar-refractivity contribution is 0.0226. The van der Waals surface area contributed by atoms with E-state index < -0.39 is 11.2 Å². The highest BCUT2D eigenvalue weighted by Gasteiger charge is 2.35. The van der Waals surface area contributed by atoms with Crippen LogP contribution >= 0.6 is 0 Å². The van der Waals surface area contributed by atoms with E-state index in [4.69, 9.17) is 23.9 Å². The van der Waals surface area contributed by atoms with Crippen molar-refractivity contribution in [2.24, 2.45) is 4.99 Å². The zero-order chi connectivity index (χ0) is 34.6. The maximum Gasteiger partial charge on any atom is 0.410 e. The molecule has 2 aliphatic rings. The fourth-order valence-electron chi connectivity index (χ4n) is 5.88. The molecule has 0 spiro atoms. The normalized spacial score (nSPS) is 18.8. The van der Waals surface area contributed by atoms with E-state index in [1.54, 1.807) is 9.80 Å². The Labute approximate surface area is 283 Å². The van der Waals surface area contributed by atoms with Gasteiger partial charge in [0.2, 0.25) is 0 Å². The van der Waals surface area contributed by atoms with Crippen LogP contribution in [0.1, 0.15) is 86.2 Å². The SMILES string of the molecule is CCCN(Cc1nc2ccc(-c3ccc(C4=CC(C)NC(C5CCCN5C(=O)OC(C)(C)C)=NCC=C4)o3)cc2[nH]1)C(=O)OC(C)(C)C. The molecule has 258 valence electrons. The van der Waals surface area contributed by atoms with Gasteiger partial charge >= 0.3 is 12.2 Å². The number of furan rings is 1. The number of nitrogens with zero attached hydrogens (tertiary/aromatic N) is 4. The Balaban J connectivity index is 1.29. The highest BCUT2D eigenvalue weighted by molar-refractivity contribution is 5.91. The van der Waals surface area contributed by atoms with Crippen molar-refractivity contribution in [1.82, 2.24) is 25.1 Å². The largest absolute Gasteiger partial charge is 0.456 e. The Bertz CT molecular complexity index is 1700. The van der Waals surface area contributed by atoms with Crippen LogP contribution in [0.15, 0.2) is 58.0 Å². The molecule has 1 saturated heterocycles. The Morgan fingerprint density at radius 2 is 1.81 bits per heavy atom. The summed E-state index contributed by atoms with van der Waals surface area (Å²) < 4.78 is 17.7. The number of hydrogen-bond donors (Lipinski definition) is 2. The van der Waals surface area contributed by atoms with Crippen LogP contribution in [0.3, 0.4) is 0 Å². The first-order valence-electron chi connectivity index (χ1n) is 16.9. The van der Waals surface area contributed by atoms with E-state index >= 15 is 0 Å². The second kappa shape index (κ2) is 14.3. The molecule has 11 heteroatoms. The van der Waals surface area contributed by atoms with Crippen molar-refractivity contribution < 1.29 is 23.5 Å². The van der Waals surface area contributed by atoms with E-state index in [0.29, 0.717) is 32.0 Å². The smallest absolute Gasteiger partial charge is 0.410 e. The molecular formula is C37H50N6O5. The number of rotatable bonds is 7. The average Bonchev–Trinajstić information content (AvgIpc) is 3.75. The maximum atomic E-state index is 12.9. The fraction of sp³-hybridized carbons (Fsp3) is 0.514. The number of nitrogens with one attached hydrogen (secondary N) is 2. The molecule has 0 saturated carbocycles. The number of hydrogen-bond acceptors (Lipinski definition) is 8. The zero-order valence-electron chi connectivity index (χ0n) is 29.6. The van der Waals surface area contributed by atoms with Crippen LogP contribution in [-0.2, 0) is 16.0 Å². The molecule has 0 radical (unpaired) electrons. The highest BCUT2D eigenvalue weighted by atomic mass is 16.6. The minimum absolute atomic E-state index is 0.0659. The van der Waals surface area contributed by atoms with E-state index in [9.17, 15) is 9.59 Å². The van der Waals surface area contributed by atoms with Gasteiger partial charge in [0.1, 0.15) is 34.4 Å². The minimum atomic E-state index is -0.569. The number of aromatic nitrogens is 2. The number of carbonyl (C=O) groups is 2. The standard InChI is InChI=1S/C37H50N6O5/c1-9-19-42(34(44)47-36(3,4)5)23-32-40-27-15-14-26(22-28(27)41-32)31-17-16-30(46-31)25-12-10-18-38-33(39-24(2)21-25)29-13-11-20-43(29)35(45)48-37(6,7)8/h10,12,14-17,21-22,24,29H,9,11,13,18-20,23H2,1-8H3,(H,38,39)(H,40,41). The third-order valence-corrected chi connectivity index (χ3v) is 7.86. The first-order valence-corrected chi connectivity index (χ1v) is 16.9. The zero-order valence-corrected chi connectivity index (χ0v) is 29.6. The number of imidazole rings is 1. The number of ether oxygens (including phenoxy) is 2. The number of aliphatic imine (C=N–C) groups is 1. The Morgan fingerprint density at radius 3 is 2.54 bits per heavy atom. The second-order valence-corrected chi connectivity index (χ2v) is 14.5. The molecule has 3 aromatic rings. The molecule has 2 unspecified atom stereocenters. The Hall–Kier alpha value is -4.54. The molecule has 2 aromatic heterocycles. The van der Waals surface area contributed by atoms with Gasteiger partial charge in [0.05, 0.1) is 30.2 Å². The average molecular weight is 659 g/mol. The summed E-state index contributed by atoms with van der Waals surface area (Å²) in [7, 11) is 0. The lowest BCUT2D eigenvalue weighted by Gasteiger charge is -2.30. The summed E-state index contributed by atoms with van der Waals surface area (Å²) >= 11 is 0. The third kappa shape index (κ3) is 8.87. The maximum absolute atomic E-state index is 12.9. The fourth-order valence-corrected chi connectivity index (χ4v) is 5.88. The monoisotopic (exact) mass is 658 g/mol. The molecule has 0 aliphatic carbocycles. The van der Waals surface area contributed by atoms with Crippen molar-refractivity contribution in [2.45, 2.75) is 104 Å². The number of fused-ring (bicyclic) bond motifs is 1. The van der Waals surface area contributed by atoms with Crippen LogP contribution in [0, 0.1) is 0 Å². The van der Waals surface area contributed by atoms with Gasteiger partial charge < -0.3 is 29.1 Å². The van der Waals surface area contributed by atoms with E-state index in [0.717, 1.165) is 58.8 Å². The molecule has 48 heavy (non-hydrogen) atoms. The highest BCUT2D eigenvalue weighted by Crippen LogP contribution is 2.30. The van der Waals surface area contributed by atoms with Gasteiger partial charge in [0.15, 0.2) is 0 Å². The quantitative estimate of drug-likeness (QED) is 0.267. The van der Waals surface area contributed by atoms with Gasteiger partial charge in [-0.05, 0) is 98.1 Å². The van der Waals surface area contributed by atoms with Crippen LogP contribution in [0.4, 0.5) is 9.59 Å². The number of amidine groups is 1. The van der Waals surface area contributed by atoms with Crippen molar-refractivity contribution in [3.8, 4) is 11.3 Å². The summed E-state index contributed by atoms with van der Waals surface area (Å²) in [5.41, 5.74) is 2.40. The van der Waals surface area contributed by atoms with Gasteiger partial charge in [-0.25, -0.2) is 14.6 Å². The first-order chi connectivity index (χ1) is 22.7. The number of aromatic amines is 1. The molecule has 1 aromatic carbocycles. The molecule has 2 amide bonds. The second-order valence-electron chi connectivity index (χ2n) is 14.5. The lowest BCUT2D eigenvalue weighted by atomic mass is 10.1. The first kappa shape index (κ1) is 34.8. The summed E-state index contributed by atoms with van der Waals surface area (Å²) in [5.74, 6) is 2.96. The molecular weight excluding hydrogens is 608 g/mol. The summed E-state index contributed by atoms with van der Waals surface area (Å²) in [6.07, 6.45) is 8.05. The van der Waals surface area contributed by atoms with E-state index in [2.05, 4.69) is 23.3 Å². The van der Waals surface area contributed by atoms with Crippen LogP contribution in [-0.4, -0.2) is 80.7 Å². The molecule has 11 nitrogen and oxygen atoms in total. The molecule has 2 aliphatic heterocycles. The number of likely N-dealkylation sites (tertiary alicyclic amines) is 1. The van der Waals surface area contributed by atoms with Gasteiger partial charge in [0, 0.05) is 30.3 Å². The van der Waals surface area contributed by atoms with Gasteiger partial charge in [-0.2, -0.15) is 0 Å². The molecule has 1 fully saturated rings.